The largest absolute Gasteiger partial charge is 0.467 e. The molecule has 1 N–H and O–H groups in total. The van der Waals surface area contributed by atoms with E-state index in [1.807, 2.05) is 6.08 Å². The lowest BCUT2D eigenvalue weighted by Crippen LogP contribution is -2.31. The summed E-state index contributed by atoms with van der Waals surface area (Å²) < 4.78 is 6.40. The second-order valence-corrected chi connectivity index (χ2v) is 7.27. The van der Waals surface area contributed by atoms with Crippen LogP contribution in [0.3, 0.4) is 0 Å². The molecule has 1 saturated carbocycles. The Kier molecular flexibility index (Phi) is 3.95. The Hall–Kier alpha value is -2.08. The maximum atomic E-state index is 13.0. The molecule has 6 nitrogen and oxygen atoms in total. The van der Waals surface area contributed by atoms with Gasteiger partial charge in [0.15, 0.2) is 11.0 Å². The summed E-state index contributed by atoms with van der Waals surface area (Å²) >= 11 is 6.41. The van der Waals surface area contributed by atoms with Gasteiger partial charge in [0.1, 0.15) is 6.04 Å². The minimum atomic E-state index is -0.621. The molecule has 1 aromatic rings. The van der Waals surface area contributed by atoms with Gasteiger partial charge in [0, 0.05) is 12.0 Å². The average molecular weight is 362 g/mol. The van der Waals surface area contributed by atoms with Crippen LogP contribution >= 0.6 is 11.6 Å². The number of allylic oxidation sites excluding steroid dienone is 2. The standard InChI is InChI=1S/C18H20ClN3O3/c1-25-17(24)12-9-18(7-8-18)13-14(19)21-15(16(23)22(12)13)20-10-11-5-3-2-4-6-11/h3,5-6,12H,2,4,7-10H2,1H3,(H,20,21). The van der Waals surface area contributed by atoms with Crippen LogP contribution in [0.15, 0.2) is 28.6 Å². The summed E-state index contributed by atoms with van der Waals surface area (Å²) in [6.07, 6.45) is 10.7. The van der Waals surface area contributed by atoms with Crippen LogP contribution in [0.4, 0.5) is 5.82 Å². The fraction of sp³-hybridized carbons (Fsp3) is 0.500. The van der Waals surface area contributed by atoms with Crippen molar-refractivity contribution in [1.82, 2.24) is 9.55 Å². The Morgan fingerprint density at radius 2 is 2.28 bits per heavy atom. The van der Waals surface area contributed by atoms with Gasteiger partial charge in [-0.05, 0) is 37.7 Å². The third-order valence-corrected chi connectivity index (χ3v) is 5.59. The Labute approximate surface area is 150 Å². The summed E-state index contributed by atoms with van der Waals surface area (Å²) in [5.41, 5.74) is 1.31. The zero-order chi connectivity index (χ0) is 17.6. The first kappa shape index (κ1) is 16.4. The molecule has 0 bridgehead atoms. The molecular weight excluding hydrogens is 342 g/mol. The molecule has 1 aromatic heterocycles. The normalized spacial score (nSPS) is 22.5. The van der Waals surface area contributed by atoms with Crippen LogP contribution in [0.1, 0.15) is 43.8 Å². The molecule has 0 radical (unpaired) electrons. The van der Waals surface area contributed by atoms with Crippen LogP contribution in [0.2, 0.25) is 5.15 Å². The van der Waals surface area contributed by atoms with Gasteiger partial charge < -0.3 is 10.1 Å². The Balaban J connectivity index is 1.70. The lowest BCUT2D eigenvalue weighted by atomic mass is 9.99. The van der Waals surface area contributed by atoms with Crippen molar-refractivity contribution in [2.45, 2.75) is 43.6 Å². The summed E-state index contributed by atoms with van der Waals surface area (Å²) in [5, 5.41) is 3.38. The fourth-order valence-electron chi connectivity index (χ4n) is 3.86. The zero-order valence-electron chi connectivity index (χ0n) is 14.0. The Morgan fingerprint density at radius 1 is 1.48 bits per heavy atom. The van der Waals surface area contributed by atoms with Gasteiger partial charge in [0.2, 0.25) is 0 Å². The van der Waals surface area contributed by atoms with Gasteiger partial charge in [0.05, 0.1) is 12.8 Å². The maximum Gasteiger partial charge on any atom is 0.329 e. The first-order valence-electron chi connectivity index (χ1n) is 8.55. The minimum absolute atomic E-state index is 0.181. The van der Waals surface area contributed by atoms with Crippen LogP contribution < -0.4 is 10.9 Å². The third-order valence-electron chi connectivity index (χ3n) is 5.32. The van der Waals surface area contributed by atoms with Crippen LogP contribution in [0, 0.1) is 0 Å². The van der Waals surface area contributed by atoms with Crippen molar-refractivity contribution in [3.05, 3.63) is 45.0 Å². The number of fused-ring (bicyclic) bond motifs is 2. The van der Waals surface area contributed by atoms with Crippen LogP contribution in [-0.4, -0.2) is 29.2 Å². The number of nitrogens with zero attached hydrogens (tertiary/aromatic N) is 2. The van der Waals surface area contributed by atoms with Gasteiger partial charge in [-0.15, -0.1) is 0 Å². The highest BCUT2D eigenvalue weighted by molar-refractivity contribution is 6.30. The lowest BCUT2D eigenvalue weighted by Gasteiger charge is -2.15. The van der Waals surface area contributed by atoms with E-state index >= 15 is 0 Å². The number of anilines is 1. The van der Waals surface area contributed by atoms with E-state index in [1.165, 1.54) is 11.7 Å². The van der Waals surface area contributed by atoms with Gasteiger partial charge in [-0.25, -0.2) is 9.78 Å². The monoisotopic (exact) mass is 361 g/mol. The van der Waals surface area contributed by atoms with Crippen molar-refractivity contribution in [2.75, 3.05) is 19.0 Å². The van der Waals surface area contributed by atoms with Gasteiger partial charge in [-0.2, -0.15) is 0 Å². The highest BCUT2D eigenvalue weighted by Crippen LogP contribution is 2.59. The van der Waals surface area contributed by atoms with E-state index < -0.39 is 12.0 Å². The van der Waals surface area contributed by atoms with E-state index in [0.717, 1.165) is 31.3 Å². The first-order chi connectivity index (χ1) is 12.1. The molecule has 7 heteroatoms. The molecule has 0 aromatic carbocycles. The minimum Gasteiger partial charge on any atom is -0.467 e. The zero-order valence-corrected chi connectivity index (χ0v) is 14.8. The molecule has 4 rings (SSSR count). The van der Waals surface area contributed by atoms with Crippen molar-refractivity contribution in [3.63, 3.8) is 0 Å². The van der Waals surface area contributed by atoms with Crippen molar-refractivity contribution >= 4 is 23.4 Å². The summed E-state index contributed by atoms with van der Waals surface area (Å²) in [6, 6.07) is -0.621. The average Bonchev–Trinajstić information content (AvgIpc) is 3.31. The molecule has 2 heterocycles. The van der Waals surface area contributed by atoms with Crippen molar-refractivity contribution in [2.24, 2.45) is 0 Å². The molecule has 3 aliphatic rings. The SMILES string of the molecule is COC(=O)C1CC2(CC2)c2c(Cl)nc(NCC3=CCCC=C3)c(=O)n21. The first-order valence-corrected chi connectivity index (χ1v) is 8.93. The van der Waals surface area contributed by atoms with Crippen LogP contribution in [0.5, 0.6) is 0 Å². The number of methoxy groups -OCH3 is 1. The quantitative estimate of drug-likeness (QED) is 0.835. The second-order valence-electron chi connectivity index (χ2n) is 6.91. The van der Waals surface area contributed by atoms with Gasteiger partial charge in [-0.3, -0.25) is 9.36 Å². The van der Waals surface area contributed by atoms with E-state index in [4.69, 9.17) is 16.3 Å². The molecule has 25 heavy (non-hydrogen) atoms. The van der Waals surface area contributed by atoms with Crippen molar-refractivity contribution < 1.29 is 9.53 Å². The highest BCUT2D eigenvalue weighted by Gasteiger charge is 2.56. The number of nitrogens with one attached hydrogen (secondary N) is 1. The number of halogens is 1. The predicted molar refractivity (Wildman–Crippen MR) is 95.0 cm³/mol. The molecule has 1 fully saturated rings. The number of aromatic nitrogens is 2. The van der Waals surface area contributed by atoms with Crippen molar-refractivity contribution in [3.8, 4) is 0 Å². The molecule has 1 spiro atoms. The van der Waals surface area contributed by atoms with E-state index in [-0.39, 0.29) is 16.8 Å². The van der Waals surface area contributed by atoms with Gasteiger partial charge in [0.25, 0.3) is 5.56 Å². The molecule has 0 saturated heterocycles. The molecule has 0 amide bonds. The Morgan fingerprint density at radius 3 is 2.92 bits per heavy atom. The second kappa shape index (κ2) is 6.02. The number of esters is 1. The summed E-state index contributed by atoms with van der Waals surface area (Å²) in [7, 11) is 1.34. The lowest BCUT2D eigenvalue weighted by molar-refractivity contribution is -0.144. The van der Waals surface area contributed by atoms with E-state index in [1.54, 1.807) is 0 Å². The smallest absolute Gasteiger partial charge is 0.329 e. The van der Waals surface area contributed by atoms with Gasteiger partial charge in [-0.1, -0.05) is 29.8 Å². The molecule has 132 valence electrons. The molecular formula is C18H20ClN3O3. The van der Waals surface area contributed by atoms with E-state index in [2.05, 4.69) is 22.5 Å². The Bertz CT molecular complexity index is 852. The summed E-state index contributed by atoms with van der Waals surface area (Å²) in [6.45, 7) is 0.502. The predicted octanol–water partition coefficient (Wildman–Crippen LogP) is 2.73. The maximum absolute atomic E-state index is 13.0. The number of rotatable bonds is 4. The van der Waals surface area contributed by atoms with E-state index in [9.17, 15) is 9.59 Å². The molecule has 2 aliphatic carbocycles. The number of hydrogen-bond donors (Lipinski definition) is 1. The topological polar surface area (TPSA) is 73.2 Å². The third kappa shape index (κ3) is 2.68. The van der Waals surface area contributed by atoms with Crippen LogP contribution in [0.25, 0.3) is 0 Å². The highest BCUT2D eigenvalue weighted by atomic mass is 35.5. The summed E-state index contributed by atoms with van der Waals surface area (Å²) in [4.78, 5) is 29.5. The number of carbonyl (C=O) groups is 1. The summed E-state index contributed by atoms with van der Waals surface area (Å²) in [5.74, 6) is -0.224. The number of carbonyl (C=O) groups excluding carboxylic acids is 1. The molecule has 1 unspecified atom stereocenters. The van der Waals surface area contributed by atoms with Crippen LogP contribution in [-0.2, 0) is 14.9 Å². The molecule has 1 atom stereocenters. The fourth-order valence-corrected chi connectivity index (χ4v) is 4.24. The van der Waals surface area contributed by atoms with E-state index in [0.29, 0.717) is 23.8 Å². The molecule has 1 aliphatic heterocycles. The number of hydrogen-bond acceptors (Lipinski definition) is 5. The van der Waals surface area contributed by atoms with Crippen molar-refractivity contribution in [1.29, 1.82) is 0 Å². The number of ether oxygens (including phenoxy) is 1. The van der Waals surface area contributed by atoms with Gasteiger partial charge >= 0.3 is 5.97 Å².